The van der Waals surface area contributed by atoms with Gasteiger partial charge in [0.05, 0.1) is 16.0 Å². The molecule has 194 valence electrons. The number of nitrogens with zero attached hydrogens (tertiary/aromatic N) is 2. The van der Waals surface area contributed by atoms with Crippen molar-refractivity contribution in [2.75, 3.05) is 5.32 Å². The number of benzene rings is 4. The summed E-state index contributed by atoms with van der Waals surface area (Å²) in [5.74, 6) is 0. The summed E-state index contributed by atoms with van der Waals surface area (Å²) in [6, 6.07) is 24.1. The third-order valence-corrected chi connectivity index (χ3v) is 6.35. The van der Waals surface area contributed by atoms with Gasteiger partial charge in [-0.1, -0.05) is 60.7 Å². The van der Waals surface area contributed by atoms with Gasteiger partial charge in [0.2, 0.25) is 0 Å². The maximum atomic E-state index is 13.9. The Balaban J connectivity index is 1.65. The topological polar surface area (TPSA) is 85.1 Å². The van der Waals surface area contributed by atoms with E-state index in [4.69, 9.17) is 0 Å². The van der Waals surface area contributed by atoms with Gasteiger partial charge in [0.1, 0.15) is 0 Å². The van der Waals surface area contributed by atoms with Crippen molar-refractivity contribution in [2.45, 2.75) is 12.7 Å². The van der Waals surface area contributed by atoms with Crippen LogP contribution in [0.2, 0.25) is 0 Å². The molecule has 1 N–H and O–H groups in total. The van der Waals surface area contributed by atoms with Gasteiger partial charge in [0.25, 0.3) is 5.69 Å². The van der Waals surface area contributed by atoms with Gasteiger partial charge in [0, 0.05) is 52.6 Å². The summed E-state index contributed by atoms with van der Waals surface area (Å²) >= 11 is 0. The fourth-order valence-electron chi connectivity index (χ4n) is 4.58. The first kappa shape index (κ1) is 25.6. The number of non-ortho nitro benzene ring substituents is 1. The van der Waals surface area contributed by atoms with Crippen LogP contribution >= 0.6 is 0 Å². The lowest BCUT2D eigenvalue weighted by Crippen LogP contribution is -2.07. The minimum absolute atomic E-state index is 0.0229. The van der Waals surface area contributed by atoms with E-state index in [9.17, 15) is 28.1 Å². The Labute approximate surface area is 220 Å². The molecule has 0 bridgehead atoms. The Morgan fingerprint density at radius 3 is 2.44 bits per heavy atom. The van der Waals surface area contributed by atoms with Crippen molar-refractivity contribution in [3.05, 3.63) is 124 Å². The lowest BCUT2D eigenvalue weighted by molar-refractivity contribution is -0.384. The van der Waals surface area contributed by atoms with Crippen LogP contribution in [0, 0.1) is 10.1 Å². The molecule has 0 saturated heterocycles. The first-order valence-electron chi connectivity index (χ1n) is 11.9. The van der Waals surface area contributed by atoms with Crippen molar-refractivity contribution in [2.24, 2.45) is 0 Å². The fourth-order valence-corrected chi connectivity index (χ4v) is 4.58. The second-order valence-electron chi connectivity index (χ2n) is 8.81. The molecule has 0 saturated carbocycles. The number of fused-ring (bicyclic) bond motifs is 1. The summed E-state index contributed by atoms with van der Waals surface area (Å²) in [4.78, 5) is 26.7. The quantitative estimate of drug-likeness (QED) is 0.132. The number of nitro groups is 1. The number of hydrogen-bond acceptors (Lipinski definition) is 5. The number of alkyl halides is 3. The minimum atomic E-state index is -4.60. The number of halogens is 3. The molecule has 5 aromatic rings. The summed E-state index contributed by atoms with van der Waals surface area (Å²) in [6.45, 7) is 0.293. The monoisotopic (exact) mass is 527 g/mol. The second kappa shape index (κ2) is 10.4. The minimum Gasteiger partial charge on any atom is -0.381 e. The number of carbonyl (C=O) groups is 1. The predicted molar refractivity (Wildman–Crippen MR) is 143 cm³/mol. The highest BCUT2D eigenvalue weighted by molar-refractivity contribution is 6.05. The fraction of sp³-hybridized carbons (Fsp3) is 0.0667. The van der Waals surface area contributed by atoms with Gasteiger partial charge in [-0.25, -0.2) is 0 Å². The van der Waals surface area contributed by atoms with Crippen LogP contribution in [-0.2, 0) is 12.7 Å². The highest BCUT2D eigenvalue weighted by atomic mass is 19.4. The van der Waals surface area contributed by atoms with Crippen LogP contribution in [0.1, 0.15) is 21.5 Å². The van der Waals surface area contributed by atoms with E-state index >= 15 is 0 Å². The number of aromatic nitrogens is 1. The van der Waals surface area contributed by atoms with Crippen molar-refractivity contribution < 1.29 is 22.9 Å². The number of nitro benzene ring substituents is 1. The largest absolute Gasteiger partial charge is 0.418 e. The van der Waals surface area contributed by atoms with Crippen LogP contribution in [0.5, 0.6) is 0 Å². The number of pyridine rings is 1. The third-order valence-electron chi connectivity index (χ3n) is 6.35. The Hall–Kier alpha value is -5.05. The normalized spacial score (nSPS) is 11.4. The van der Waals surface area contributed by atoms with Gasteiger partial charge in [-0.15, -0.1) is 0 Å². The highest BCUT2D eigenvalue weighted by Crippen LogP contribution is 2.42. The van der Waals surface area contributed by atoms with E-state index < -0.39 is 16.7 Å². The van der Waals surface area contributed by atoms with Crippen LogP contribution in [0.4, 0.5) is 24.5 Å². The molecule has 6 nitrogen and oxygen atoms in total. The molecule has 4 aromatic carbocycles. The molecule has 0 fully saturated rings. The Kier molecular flexibility index (Phi) is 6.81. The van der Waals surface area contributed by atoms with E-state index in [1.165, 1.54) is 24.4 Å². The van der Waals surface area contributed by atoms with Crippen LogP contribution in [0.25, 0.3) is 33.2 Å². The molecule has 0 aliphatic carbocycles. The molecule has 1 aromatic heterocycles. The van der Waals surface area contributed by atoms with E-state index in [1.54, 1.807) is 66.7 Å². The zero-order chi connectivity index (χ0) is 27.6. The SMILES string of the molecule is O=Cc1ccccc1-c1cnc2c(C(F)(F)F)cccc2c1-c1cccc(NCc2cccc([N+](=O)[O-])c2)c1. The second-order valence-corrected chi connectivity index (χ2v) is 8.81. The molecule has 0 aliphatic rings. The van der Waals surface area contributed by atoms with E-state index in [1.807, 2.05) is 0 Å². The number of aldehydes is 1. The van der Waals surface area contributed by atoms with Crippen LogP contribution in [0.15, 0.2) is 97.2 Å². The molecule has 5 rings (SSSR count). The summed E-state index contributed by atoms with van der Waals surface area (Å²) in [7, 11) is 0. The van der Waals surface area contributed by atoms with E-state index in [0.29, 0.717) is 57.3 Å². The van der Waals surface area contributed by atoms with E-state index in [2.05, 4.69) is 10.3 Å². The number of rotatable bonds is 7. The third kappa shape index (κ3) is 5.19. The summed E-state index contributed by atoms with van der Waals surface area (Å²) in [5, 5.41) is 14.6. The molecule has 0 atom stereocenters. The average molecular weight is 528 g/mol. The molecule has 0 radical (unpaired) electrons. The molecule has 0 unspecified atom stereocenters. The molecule has 0 aliphatic heterocycles. The molecule has 9 heteroatoms. The van der Waals surface area contributed by atoms with Crippen LogP contribution in [-0.4, -0.2) is 16.2 Å². The standard InChI is InChI=1S/C30H20F3N3O3/c31-30(32,33)27-13-5-12-25-28(26(17-35-29(25)27)24-11-2-1-7-21(24)18-37)20-8-4-9-22(15-20)34-16-19-6-3-10-23(14-19)36(38)39/h1-15,17-18,34H,16H2. The molecule has 0 amide bonds. The van der Waals surface area contributed by atoms with E-state index in [0.717, 1.165) is 6.07 Å². The average Bonchev–Trinajstić information content (AvgIpc) is 2.95. The van der Waals surface area contributed by atoms with Gasteiger partial charge >= 0.3 is 6.18 Å². The number of nitrogens with one attached hydrogen (secondary N) is 1. The Morgan fingerprint density at radius 1 is 0.897 bits per heavy atom. The molecule has 1 heterocycles. The van der Waals surface area contributed by atoms with Gasteiger partial charge in [-0.3, -0.25) is 19.9 Å². The Morgan fingerprint density at radius 2 is 1.67 bits per heavy atom. The Bertz CT molecular complexity index is 1720. The van der Waals surface area contributed by atoms with Crippen molar-refractivity contribution in [1.29, 1.82) is 0 Å². The smallest absolute Gasteiger partial charge is 0.381 e. The summed E-state index contributed by atoms with van der Waals surface area (Å²) < 4.78 is 41.6. The number of para-hydroxylation sites is 1. The van der Waals surface area contributed by atoms with E-state index in [-0.39, 0.29) is 11.2 Å². The number of hydrogen-bond donors (Lipinski definition) is 1. The molecule has 39 heavy (non-hydrogen) atoms. The van der Waals surface area contributed by atoms with Gasteiger partial charge in [-0.2, -0.15) is 13.2 Å². The zero-order valence-electron chi connectivity index (χ0n) is 20.3. The summed E-state index contributed by atoms with van der Waals surface area (Å²) in [5.41, 5.74) is 2.84. The molecular weight excluding hydrogens is 507 g/mol. The van der Waals surface area contributed by atoms with Crippen molar-refractivity contribution in [1.82, 2.24) is 4.98 Å². The number of anilines is 1. The van der Waals surface area contributed by atoms with Crippen LogP contribution < -0.4 is 5.32 Å². The highest BCUT2D eigenvalue weighted by Gasteiger charge is 2.34. The first-order valence-corrected chi connectivity index (χ1v) is 11.9. The zero-order valence-corrected chi connectivity index (χ0v) is 20.3. The maximum Gasteiger partial charge on any atom is 0.418 e. The predicted octanol–water partition coefficient (Wildman–Crippen LogP) is 7.92. The lowest BCUT2D eigenvalue weighted by Gasteiger charge is -2.18. The van der Waals surface area contributed by atoms with Crippen LogP contribution in [0.3, 0.4) is 0 Å². The lowest BCUT2D eigenvalue weighted by atomic mass is 9.89. The first-order chi connectivity index (χ1) is 18.8. The maximum absolute atomic E-state index is 13.9. The summed E-state index contributed by atoms with van der Waals surface area (Å²) in [6.07, 6.45) is -2.53. The molecule has 0 spiro atoms. The number of carbonyl (C=O) groups excluding carboxylic acids is 1. The molecular formula is C30H20F3N3O3. The van der Waals surface area contributed by atoms with Gasteiger partial charge < -0.3 is 5.32 Å². The van der Waals surface area contributed by atoms with Crippen molar-refractivity contribution in [3.8, 4) is 22.3 Å². The van der Waals surface area contributed by atoms with Gasteiger partial charge in [0.15, 0.2) is 6.29 Å². The van der Waals surface area contributed by atoms with Crippen molar-refractivity contribution >= 4 is 28.6 Å². The van der Waals surface area contributed by atoms with Crippen molar-refractivity contribution in [3.63, 3.8) is 0 Å². The van der Waals surface area contributed by atoms with Gasteiger partial charge in [-0.05, 0) is 34.9 Å².